The Morgan fingerprint density at radius 1 is 1.18 bits per heavy atom. The number of aromatic nitrogens is 1. The van der Waals surface area contributed by atoms with Crippen molar-refractivity contribution < 1.29 is 14.0 Å². The predicted octanol–water partition coefficient (Wildman–Crippen LogP) is 3.01. The van der Waals surface area contributed by atoms with Gasteiger partial charge in [-0.2, -0.15) is 0 Å². The van der Waals surface area contributed by atoms with Gasteiger partial charge in [0.15, 0.2) is 6.29 Å². The second-order valence-electron chi connectivity index (χ2n) is 5.15. The Morgan fingerprint density at radius 3 is 2.73 bits per heavy atom. The van der Waals surface area contributed by atoms with Crippen LogP contribution in [0.1, 0.15) is 20.8 Å². The molecule has 0 aliphatic heterocycles. The second-order valence-corrected chi connectivity index (χ2v) is 5.15. The normalized spacial score (nSPS) is 10.6. The molecule has 0 aliphatic carbocycles. The molecule has 2 aromatic heterocycles. The third kappa shape index (κ3) is 2.37. The van der Waals surface area contributed by atoms with Crippen molar-refractivity contribution in [2.24, 2.45) is 0 Å². The Morgan fingerprint density at radius 2 is 2.00 bits per heavy atom. The van der Waals surface area contributed by atoms with E-state index in [9.17, 15) is 9.59 Å². The zero-order valence-corrected chi connectivity index (χ0v) is 12.2. The van der Waals surface area contributed by atoms with Gasteiger partial charge in [-0.25, -0.2) is 0 Å². The molecular formula is C17H14N2O3. The van der Waals surface area contributed by atoms with E-state index in [1.165, 1.54) is 4.90 Å². The number of hydrogen-bond donors (Lipinski definition) is 0. The lowest BCUT2D eigenvalue weighted by Crippen LogP contribution is -2.22. The van der Waals surface area contributed by atoms with Crippen molar-refractivity contribution in [3.8, 4) is 11.1 Å². The number of aldehydes is 1. The Bertz CT molecular complexity index is 865. The quantitative estimate of drug-likeness (QED) is 0.697. The van der Waals surface area contributed by atoms with E-state index in [2.05, 4.69) is 4.98 Å². The molecule has 0 saturated carbocycles. The number of amides is 1. The van der Waals surface area contributed by atoms with Gasteiger partial charge in [0.25, 0.3) is 5.91 Å². The molecule has 22 heavy (non-hydrogen) atoms. The van der Waals surface area contributed by atoms with Gasteiger partial charge in [-0.15, -0.1) is 0 Å². The summed E-state index contributed by atoms with van der Waals surface area (Å²) in [4.78, 5) is 28.8. The van der Waals surface area contributed by atoms with Crippen molar-refractivity contribution in [3.63, 3.8) is 0 Å². The highest BCUT2D eigenvalue weighted by atomic mass is 16.3. The Balaban J connectivity index is 2.13. The molecule has 5 heteroatoms. The van der Waals surface area contributed by atoms with Gasteiger partial charge in [-0.1, -0.05) is 0 Å². The summed E-state index contributed by atoms with van der Waals surface area (Å²) in [5.41, 5.74) is 3.08. The summed E-state index contributed by atoms with van der Waals surface area (Å²) in [7, 11) is 3.36. The minimum atomic E-state index is -0.165. The number of carbonyl (C=O) groups is 2. The fourth-order valence-electron chi connectivity index (χ4n) is 2.32. The van der Waals surface area contributed by atoms with Crippen LogP contribution in [0.5, 0.6) is 0 Å². The molecule has 0 spiro atoms. The molecule has 110 valence electrons. The fourth-order valence-corrected chi connectivity index (χ4v) is 2.32. The zero-order chi connectivity index (χ0) is 15.7. The highest BCUT2D eigenvalue weighted by molar-refractivity contribution is 5.98. The van der Waals surface area contributed by atoms with Crippen molar-refractivity contribution in [1.82, 2.24) is 9.88 Å². The molecule has 2 heterocycles. The first-order chi connectivity index (χ1) is 10.6. The molecule has 0 fully saturated rings. The number of rotatable bonds is 3. The van der Waals surface area contributed by atoms with E-state index in [1.54, 1.807) is 44.8 Å². The summed E-state index contributed by atoms with van der Waals surface area (Å²) in [6, 6.07) is 9.00. The molecule has 0 saturated heterocycles. The smallest absolute Gasteiger partial charge is 0.271 e. The monoisotopic (exact) mass is 294 g/mol. The molecule has 0 bridgehead atoms. The maximum absolute atomic E-state index is 12.0. The van der Waals surface area contributed by atoms with E-state index in [0.717, 1.165) is 22.8 Å². The Kier molecular flexibility index (Phi) is 3.47. The van der Waals surface area contributed by atoms with Crippen LogP contribution < -0.4 is 0 Å². The number of carbonyl (C=O) groups excluding carboxylic acids is 2. The van der Waals surface area contributed by atoms with Gasteiger partial charge < -0.3 is 9.32 Å². The number of fused-ring (bicyclic) bond motifs is 1. The van der Waals surface area contributed by atoms with E-state index in [0.29, 0.717) is 16.8 Å². The van der Waals surface area contributed by atoms with Gasteiger partial charge >= 0.3 is 0 Å². The average molecular weight is 294 g/mol. The number of nitrogens with zero attached hydrogens (tertiary/aromatic N) is 2. The lowest BCUT2D eigenvalue weighted by atomic mass is 10.0. The fraction of sp³-hybridized carbons (Fsp3) is 0.118. The molecule has 1 aromatic carbocycles. The van der Waals surface area contributed by atoms with Crippen LogP contribution in [-0.4, -0.2) is 36.2 Å². The molecule has 0 atom stereocenters. The van der Waals surface area contributed by atoms with Crippen LogP contribution in [0.3, 0.4) is 0 Å². The van der Waals surface area contributed by atoms with E-state index in [4.69, 9.17) is 4.42 Å². The first kappa shape index (κ1) is 14.0. The van der Waals surface area contributed by atoms with E-state index in [1.807, 2.05) is 12.1 Å². The van der Waals surface area contributed by atoms with Gasteiger partial charge in [0.1, 0.15) is 11.3 Å². The van der Waals surface area contributed by atoms with Crippen LogP contribution in [0.25, 0.3) is 22.1 Å². The van der Waals surface area contributed by atoms with Crippen molar-refractivity contribution in [2.45, 2.75) is 0 Å². The lowest BCUT2D eigenvalue weighted by molar-refractivity contribution is 0.0822. The lowest BCUT2D eigenvalue weighted by Gasteiger charge is -2.10. The number of benzene rings is 1. The summed E-state index contributed by atoms with van der Waals surface area (Å²) in [5, 5.41) is 0.844. The van der Waals surface area contributed by atoms with Crippen LogP contribution in [-0.2, 0) is 0 Å². The van der Waals surface area contributed by atoms with E-state index in [-0.39, 0.29) is 5.91 Å². The third-order valence-corrected chi connectivity index (χ3v) is 3.43. The van der Waals surface area contributed by atoms with Crippen molar-refractivity contribution >= 4 is 23.2 Å². The first-order valence-electron chi connectivity index (χ1n) is 6.74. The number of pyridine rings is 1. The summed E-state index contributed by atoms with van der Waals surface area (Å²) >= 11 is 0. The first-order valence-corrected chi connectivity index (χ1v) is 6.74. The molecule has 3 rings (SSSR count). The highest BCUT2D eigenvalue weighted by Crippen LogP contribution is 2.28. The standard InChI is InChI=1S/C17H14N2O3/c1-19(2)17(21)15-9-11(3-5-18-15)13-7-12-4-6-22-16(12)14(8-13)10-20/h3-10H,1-2H3. The van der Waals surface area contributed by atoms with Crippen LogP contribution in [0.15, 0.2) is 47.2 Å². The molecule has 0 radical (unpaired) electrons. The minimum absolute atomic E-state index is 0.165. The van der Waals surface area contributed by atoms with Crippen molar-refractivity contribution in [1.29, 1.82) is 0 Å². The maximum atomic E-state index is 12.0. The predicted molar refractivity (Wildman–Crippen MR) is 82.9 cm³/mol. The summed E-state index contributed by atoms with van der Waals surface area (Å²) in [6.07, 6.45) is 3.91. The van der Waals surface area contributed by atoms with Crippen LogP contribution in [0.2, 0.25) is 0 Å². The number of furan rings is 1. The van der Waals surface area contributed by atoms with Crippen molar-refractivity contribution in [2.75, 3.05) is 14.1 Å². The molecular weight excluding hydrogens is 280 g/mol. The van der Waals surface area contributed by atoms with Gasteiger partial charge in [-0.05, 0) is 41.5 Å². The summed E-state index contributed by atoms with van der Waals surface area (Å²) < 4.78 is 5.32. The van der Waals surface area contributed by atoms with E-state index < -0.39 is 0 Å². The van der Waals surface area contributed by atoms with Crippen LogP contribution in [0.4, 0.5) is 0 Å². The molecule has 0 aliphatic rings. The van der Waals surface area contributed by atoms with E-state index >= 15 is 0 Å². The summed E-state index contributed by atoms with van der Waals surface area (Å²) in [6.45, 7) is 0. The van der Waals surface area contributed by atoms with Crippen LogP contribution in [0, 0.1) is 0 Å². The third-order valence-electron chi connectivity index (χ3n) is 3.43. The molecule has 0 N–H and O–H groups in total. The van der Waals surface area contributed by atoms with Gasteiger partial charge in [-0.3, -0.25) is 14.6 Å². The largest absolute Gasteiger partial charge is 0.464 e. The highest BCUT2D eigenvalue weighted by Gasteiger charge is 2.12. The van der Waals surface area contributed by atoms with Gasteiger partial charge in [0.2, 0.25) is 0 Å². The average Bonchev–Trinajstić information content (AvgIpc) is 3.01. The molecule has 1 amide bonds. The van der Waals surface area contributed by atoms with Crippen molar-refractivity contribution in [3.05, 3.63) is 54.0 Å². The number of hydrogen-bond acceptors (Lipinski definition) is 4. The zero-order valence-electron chi connectivity index (χ0n) is 12.2. The molecule has 0 unspecified atom stereocenters. The van der Waals surface area contributed by atoms with Gasteiger partial charge in [0.05, 0.1) is 11.8 Å². The van der Waals surface area contributed by atoms with Crippen LogP contribution >= 0.6 is 0 Å². The topological polar surface area (TPSA) is 63.4 Å². The summed E-state index contributed by atoms with van der Waals surface area (Å²) in [5.74, 6) is -0.165. The Hall–Kier alpha value is -2.95. The molecule has 5 nitrogen and oxygen atoms in total. The maximum Gasteiger partial charge on any atom is 0.271 e. The molecule has 3 aromatic rings. The van der Waals surface area contributed by atoms with Gasteiger partial charge in [0, 0.05) is 25.7 Å². The minimum Gasteiger partial charge on any atom is -0.464 e. The Labute approximate surface area is 127 Å². The SMILES string of the molecule is CN(C)C(=O)c1cc(-c2cc(C=O)c3occc3c2)ccn1. The second kappa shape index (κ2) is 5.44.